The third-order valence-corrected chi connectivity index (χ3v) is 2.13. The minimum Gasteiger partial charge on any atom is -0.377 e. The number of amides is 1. The molecule has 0 saturated carbocycles. The largest absolute Gasteiger partial charge is 0.377 e. The maximum Gasteiger partial charge on any atom is 0.230 e. The molecule has 0 unspecified atom stereocenters. The molecule has 0 radical (unpaired) electrons. The second-order valence-electron chi connectivity index (χ2n) is 3.40. The molecule has 0 aromatic heterocycles. The quantitative estimate of drug-likeness (QED) is 0.331. The zero-order valence-corrected chi connectivity index (χ0v) is 9.11. The number of Topliss-reactive ketones (excluding diaryl/α,β-unsaturated/α-hetero) is 1. The third-order valence-electron chi connectivity index (χ3n) is 2.13. The summed E-state index contributed by atoms with van der Waals surface area (Å²) in [5, 5.41) is 0. The lowest BCUT2D eigenvalue weighted by Gasteiger charge is -2.14. The van der Waals surface area contributed by atoms with E-state index in [1.807, 2.05) is 0 Å². The summed E-state index contributed by atoms with van der Waals surface area (Å²) in [6.45, 7) is 2.26. The first-order chi connectivity index (χ1) is 7.74. The highest BCUT2D eigenvalue weighted by Gasteiger charge is 2.26. The van der Waals surface area contributed by atoms with Crippen molar-refractivity contribution in [1.82, 2.24) is 4.90 Å². The fraction of sp³-hybridized carbons (Fsp3) is 0.636. The summed E-state index contributed by atoms with van der Waals surface area (Å²) in [4.78, 5) is 23.6. The van der Waals surface area contributed by atoms with E-state index in [1.165, 1.54) is 4.90 Å². The highest BCUT2D eigenvalue weighted by atomic mass is 16.5. The molecular formula is C11H15NO4. The summed E-state index contributed by atoms with van der Waals surface area (Å²) in [5.41, 5.74) is 0. The molecule has 88 valence electrons. The Kier molecular flexibility index (Phi) is 5.54. The van der Waals surface area contributed by atoms with Crippen LogP contribution in [0.5, 0.6) is 0 Å². The zero-order chi connectivity index (χ0) is 11.8. The molecule has 5 nitrogen and oxygen atoms in total. The van der Waals surface area contributed by atoms with Crippen LogP contribution in [0.3, 0.4) is 0 Å². The smallest absolute Gasteiger partial charge is 0.230 e. The Morgan fingerprint density at radius 2 is 2.00 bits per heavy atom. The SMILES string of the molecule is C#CCOCCOCCN1CC(=O)CC1=O. The monoisotopic (exact) mass is 225 g/mol. The summed E-state index contributed by atoms with van der Waals surface area (Å²) in [6, 6.07) is 0. The molecule has 1 amide bonds. The van der Waals surface area contributed by atoms with E-state index in [2.05, 4.69) is 5.92 Å². The number of hydrogen-bond donors (Lipinski definition) is 0. The number of rotatable bonds is 7. The Balaban J connectivity index is 1.97. The van der Waals surface area contributed by atoms with E-state index in [4.69, 9.17) is 15.9 Å². The number of hydrogen-bond acceptors (Lipinski definition) is 4. The topological polar surface area (TPSA) is 55.8 Å². The molecule has 1 fully saturated rings. The second kappa shape index (κ2) is 6.99. The van der Waals surface area contributed by atoms with Crippen molar-refractivity contribution in [3.05, 3.63) is 0 Å². The van der Waals surface area contributed by atoms with Gasteiger partial charge in [0.05, 0.1) is 32.8 Å². The fourth-order valence-electron chi connectivity index (χ4n) is 1.37. The Bertz CT molecular complexity index is 295. The number of carbonyl (C=O) groups excluding carboxylic acids is 2. The van der Waals surface area contributed by atoms with E-state index in [9.17, 15) is 9.59 Å². The van der Waals surface area contributed by atoms with E-state index in [-0.39, 0.29) is 31.3 Å². The van der Waals surface area contributed by atoms with Crippen molar-refractivity contribution < 1.29 is 19.1 Å². The van der Waals surface area contributed by atoms with Gasteiger partial charge in [0, 0.05) is 6.54 Å². The van der Waals surface area contributed by atoms with Crippen LogP contribution in [0.2, 0.25) is 0 Å². The lowest BCUT2D eigenvalue weighted by Crippen LogP contribution is -2.29. The summed E-state index contributed by atoms with van der Waals surface area (Å²) >= 11 is 0. The van der Waals surface area contributed by atoms with Gasteiger partial charge in [-0.1, -0.05) is 5.92 Å². The van der Waals surface area contributed by atoms with Crippen LogP contribution in [-0.2, 0) is 19.1 Å². The molecule has 0 aromatic carbocycles. The molecule has 0 aliphatic carbocycles. The van der Waals surface area contributed by atoms with Crippen molar-refractivity contribution in [1.29, 1.82) is 0 Å². The van der Waals surface area contributed by atoms with Crippen molar-refractivity contribution in [3.8, 4) is 12.3 Å². The van der Waals surface area contributed by atoms with Gasteiger partial charge in [0.25, 0.3) is 0 Å². The second-order valence-corrected chi connectivity index (χ2v) is 3.40. The lowest BCUT2D eigenvalue weighted by atomic mass is 10.3. The molecule has 1 rings (SSSR count). The van der Waals surface area contributed by atoms with Gasteiger partial charge < -0.3 is 14.4 Å². The molecular weight excluding hydrogens is 210 g/mol. The van der Waals surface area contributed by atoms with E-state index in [0.29, 0.717) is 26.4 Å². The van der Waals surface area contributed by atoms with Gasteiger partial charge in [-0.3, -0.25) is 9.59 Å². The highest BCUT2D eigenvalue weighted by molar-refractivity contribution is 6.05. The molecule has 1 heterocycles. The van der Waals surface area contributed by atoms with Crippen LogP contribution in [0.15, 0.2) is 0 Å². The van der Waals surface area contributed by atoms with Crippen LogP contribution in [0.1, 0.15) is 6.42 Å². The predicted molar refractivity (Wildman–Crippen MR) is 56.7 cm³/mol. The first-order valence-corrected chi connectivity index (χ1v) is 5.12. The van der Waals surface area contributed by atoms with E-state index < -0.39 is 0 Å². The van der Waals surface area contributed by atoms with Crippen molar-refractivity contribution in [2.75, 3.05) is 39.5 Å². The van der Waals surface area contributed by atoms with E-state index in [0.717, 1.165) is 0 Å². The normalized spacial score (nSPS) is 15.6. The molecule has 1 aliphatic heterocycles. The standard InChI is InChI=1S/C11H15NO4/c1-2-4-15-6-7-16-5-3-12-9-10(13)8-11(12)14/h1H,3-9H2. The van der Waals surface area contributed by atoms with Crippen molar-refractivity contribution in [2.24, 2.45) is 0 Å². The summed E-state index contributed by atoms with van der Waals surface area (Å²) < 4.78 is 10.2. The van der Waals surface area contributed by atoms with Crippen LogP contribution in [0.25, 0.3) is 0 Å². The van der Waals surface area contributed by atoms with Gasteiger partial charge in [-0.15, -0.1) is 6.42 Å². The molecule has 1 saturated heterocycles. The molecule has 16 heavy (non-hydrogen) atoms. The van der Waals surface area contributed by atoms with Crippen molar-refractivity contribution in [2.45, 2.75) is 6.42 Å². The molecule has 0 spiro atoms. The first-order valence-electron chi connectivity index (χ1n) is 5.12. The van der Waals surface area contributed by atoms with Crippen LogP contribution >= 0.6 is 0 Å². The van der Waals surface area contributed by atoms with Crippen molar-refractivity contribution in [3.63, 3.8) is 0 Å². The molecule has 0 N–H and O–H groups in total. The summed E-state index contributed by atoms with van der Waals surface area (Å²) in [7, 11) is 0. The van der Waals surface area contributed by atoms with Gasteiger partial charge in [0.2, 0.25) is 5.91 Å². The van der Waals surface area contributed by atoms with Crippen LogP contribution in [0, 0.1) is 12.3 Å². The Labute approximate surface area is 94.7 Å². The van der Waals surface area contributed by atoms with E-state index >= 15 is 0 Å². The van der Waals surface area contributed by atoms with Gasteiger partial charge in [-0.2, -0.15) is 0 Å². The number of ketones is 1. The Morgan fingerprint density at radius 3 is 2.62 bits per heavy atom. The maximum absolute atomic E-state index is 11.2. The maximum atomic E-state index is 11.2. The Morgan fingerprint density at radius 1 is 1.25 bits per heavy atom. The minimum absolute atomic E-state index is 0.0256. The van der Waals surface area contributed by atoms with Gasteiger partial charge in [0.15, 0.2) is 5.78 Å². The fourth-order valence-corrected chi connectivity index (χ4v) is 1.37. The van der Waals surface area contributed by atoms with Crippen molar-refractivity contribution >= 4 is 11.7 Å². The number of carbonyl (C=O) groups is 2. The average molecular weight is 225 g/mol. The number of terminal acetylenes is 1. The molecule has 5 heteroatoms. The predicted octanol–water partition coefficient (Wildman–Crippen LogP) is -0.546. The number of nitrogens with zero attached hydrogens (tertiary/aromatic N) is 1. The zero-order valence-electron chi connectivity index (χ0n) is 9.11. The number of ether oxygens (including phenoxy) is 2. The number of likely N-dealkylation sites (tertiary alicyclic amines) is 1. The first kappa shape index (κ1) is 12.7. The van der Waals surface area contributed by atoms with Crippen LogP contribution in [-0.4, -0.2) is 56.1 Å². The van der Waals surface area contributed by atoms with Crippen LogP contribution in [0.4, 0.5) is 0 Å². The van der Waals surface area contributed by atoms with Gasteiger partial charge in [-0.05, 0) is 0 Å². The van der Waals surface area contributed by atoms with Gasteiger partial charge >= 0.3 is 0 Å². The lowest BCUT2D eigenvalue weighted by molar-refractivity contribution is -0.128. The van der Waals surface area contributed by atoms with Gasteiger partial charge in [0.1, 0.15) is 6.61 Å². The van der Waals surface area contributed by atoms with E-state index in [1.54, 1.807) is 0 Å². The summed E-state index contributed by atoms with van der Waals surface area (Å²) in [5.74, 6) is 2.21. The minimum atomic E-state index is -0.114. The molecule has 0 bridgehead atoms. The highest BCUT2D eigenvalue weighted by Crippen LogP contribution is 2.05. The Hall–Kier alpha value is -1.38. The molecule has 0 aromatic rings. The van der Waals surface area contributed by atoms with Crippen LogP contribution < -0.4 is 0 Å². The summed E-state index contributed by atoms with van der Waals surface area (Å²) in [6.07, 6.45) is 5.02. The molecule has 1 aliphatic rings. The molecule has 0 atom stereocenters. The average Bonchev–Trinajstić information content (AvgIpc) is 2.56. The third kappa shape index (κ3) is 4.43. The van der Waals surface area contributed by atoms with Gasteiger partial charge in [-0.25, -0.2) is 0 Å².